The van der Waals surface area contributed by atoms with Crippen LogP contribution in [-0.4, -0.2) is 24.9 Å². The predicted octanol–water partition coefficient (Wildman–Crippen LogP) is 5.70. The average molecular weight is 375 g/mol. The third-order valence-corrected chi connectivity index (χ3v) is 5.01. The summed E-state index contributed by atoms with van der Waals surface area (Å²) in [6, 6.07) is 20.7. The Morgan fingerprint density at radius 2 is 0.759 bits per heavy atom. The molecule has 4 aromatic heterocycles. The minimum absolute atomic E-state index is 0.881. The van der Waals surface area contributed by atoms with Gasteiger partial charge < -0.3 is 15.0 Å². The van der Waals surface area contributed by atoms with Gasteiger partial charge >= 0.3 is 0 Å². The van der Waals surface area contributed by atoms with Gasteiger partial charge in [0, 0.05) is 33.1 Å². The molecule has 0 amide bonds. The van der Waals surface area contributed by atoms with Crippen LogP contribution in [0.5, 0.6) is 0 Å². The fraction of sp³-hybridized carbons (Fsp3) is 0. The molecular weight excluding hydrogens is 358 g/mol. The molecule has 2 aliphatic rings. The van der Waals surface area contributed by atoms with Gasteiger partial charge in [-0.1, -0.05) is 0 Å². The summed E-state index contributed by atoms with van der Waals surface area (Å²) in [6.45, 7) is 0. The molecule has 0 atom stereocenters. The normalized spacial score (nSPS) is 12.6. The van der Waals surface area contributed by atoms with Crippen molar-refractivity contribution in [2.75, 3.05) is 0 Å². The predicted molar refractivity (Wildman–Crippen MR) is 120 cm³/mol. The highest BCUT2D eigenvalue weighted by atomic mass is 14.8. The summed E-state index contributed by atoms with van der Waals surface area (Å²) in [5.74, 6) is 0. The first-order valence-electron chi connectivity index (χ1n) is 9.51. The van der Waals surface area contributed by atoms with Gasteiger partial charge in [0.1, 0.15) is 0 Å². The number of fused-ring (bicyclic) bond motifs is 11. The van der Waals surface area contributed by atoms with E-state index in [1.165, 1.54) is 0 Å². The van der Waals surface area contributed by atoms with Crippen LogP contribution in [0.15, 0.2) is 60.7 Å². The van der Waals surface area contributed by atoms with E-state index >= 15 is 0 Å². The zero-order valence-electron chi connectivity index (χ0n) is 15.5. The minimum atomic E-state index is 0.881. The molecule has 6 rings (SSSR count). The maximum absolute atomic E-state index is 4.71. The number of nitrogens with one attached hydrogen (secondary N) is 3. The molecule has 0 radical (unpaired) electrons. The number of aromatic nitrogens is 5. The highest BCUT2D eigenvalue weighted by molar-refractivity contribution is 5.81. The Hall–Kier alpha value is -4.12. The number of hydrogen-bond donors (Lipinski definition) is 3. The molecule has 0 aromatic carbocycles. The van der Waals surface area contributed by atoms with Crippen LogP contribution < -0.4 is 0 Å². The Labute approximate surface area is 166 Å². The summed E-state index contributed by atoms with van der Waals surface area (Å²) in [5.41, 5.74) is 9.77. The van der Waals surface area contributed by atoms with Gasteiger partial charge in [-0.05, 0) is 85.0 Å². The van der Waals surface area contributed by atoms with Crippen molar-refractivity contribution in [3.8, 4) is 0 Å². The zero-order valence-corrected chi connectivity index (χ0v) is 15.5. The number of hydrogen-bond acceptors (Lipinski definition) is 2. The number of H-pyrrole nitrogens is 3. The minimum Gasteiger partial charge on any atom is -0.355 e. The van der Waals surface area contributed by atoms with Crippen LogP contribution >= 0.6 is 0 Å². The lowest BCUT2D eigenvalue weighted by molar-refractivity contribution is 1.23. The van der Waals surface area contributed by atoms with Gasteiger partial charge in [0.15, 0.2) is 0 Å². The summed E-state index contributed by atoms with van der Waals surface area (Å²) < 4.78 is 0. The van der Waals surface area contributed by atoms with E-state index in [1.807, 2.05) is 36.4 Å². The van der Waals surface area contributed by atoms with Crippen molar-refractivity contribution in [3.05, 3.63) is 83.4 Å². The molecule has 0 spiro atoms. The van der Waals surface area contributed by atoms with E-state index in [4.69, 9.17) is 9.97 Å². The lowest BCUT2D eigenvalue weighted by Crippen LogP contribution is -1.81. The lowest BCUT2D eigenvalue weighted by Gasteiger charge is -1.87. The summed E-state index contributed by atoms with van der Waals surface area (Å²) >= 11 is 0. The second-order valence-electron chi connectivity index (χ2n) is 7.19. The number of nitrogens with zero attached hydrogens (tertiary/aromatic N) is 2. The third kappa shape index (κ3) is 3.08. The van der Waals surface area contributed by atoms with Crippen LogP contribution in [0.2, 0.25) is 0 Å². The zero-order chi connectivity index (χ0) is 19.2. The smallest absolute Gasteiger partial charge is 0.0894 e. The quantitative estimate of drug-likeness (QED) is 0.319. The molecule has 3 N–H and O–H groups in total. The SMILES string of the molecule is C1=Cc2nc1cc1ccc(cc3ccc(cc4ccc(cc5nc2C=C5)[nH]4)[nH]3)[nH]1. The molecule has 2 aliphatic heterocycles. The van der Waals surface area contributed by atoms with Crippen molar-refractivity contribution in [1.82, 2.24) is 24.9 Å². The average Bonchev–Trinajstić information content (AvgIpc) is 3.50. The Bertz CT molecular complexity index is 1400. The fourth-order valence-corrected chi connectivity index (χ4v) is 3.65. The van der Waals surface area contributed by atoms with Crippen molar-refractivity contribution in [3.63, 3.8) is 0 Å². The van der Waals surface area contributed by atoms with E-state index in [2.05, 4.69) is 63.5 Å². The maximum Gasteiger partial charge on any atom is 0.0894 e. The third-order valence-electron chi connectivity index (χ3n) is 5.01. The molecule has 5 heteroatoms. The Morgan fingerprint density at radius 1 is 0.414 bits per heavy atom. The van der Waals surface area contributed by atoms with E-state index in [9.17, 15) is 0 Å². The first kappa shape index (κ1) is 15.9. The molecule has 0 saturated heterocycles. The summed E-state index contributed by atoms with van der Waals surface area (Å²) in [4.78, 5) is 19.7. The molecule has 0 saturated carbocycles. The number of aromatic amines is 3. The van der Waals surface area contributed by atoms with Gasteiger partial charge in [-0.2, -0.15) is 0 Å². The van der Waals surface area contributed by atoms with Crippen molar-refractivity contribution in [2.24, 2.45) is 0 Å². The van der Waals surface area contributed by atoms with Crippen LogP contribution in [0.3, 0.4) is 0 Å². The van der Waals surface area contributed by atoms with E-state index < -0.39 is 0 Å². The summed E-state index contributed by atoms with van der Waals surface area (Å²) in [7, 11) is 0. The Kier molecular flexibility index (Phi) is 3.40. The molecule has 5 nitrogen and oxygen atoms in total. The second-order valence-corrected chi connectivity index (χ2v) is 7.19. The first-order chi connectivity index (χ1) is 14.3. The second kappa shape index (κ2) is 6.21. The van der Waals surface area contributed by atoms with Gasteiger partial charge in [-0.25, -0.2) is 9.97 Å². The van der Waals surface area contributed by atoms with Crippen LogP contribution in [0, 0.1) is 0 Å². The van der Waals surface area contributed by atoms with Crippen LogP contribution in [0.25, 0.3) is 57.4 Å². The van der Waals surface area contributed by atoms with E-state index in [0.29, 0.717) is 0 Å². The molecule has 10 bridgehead atoms. The molecule has 29 heavy (non-hydrogen) atoms. The Balaban J connectivity index is 1.66. The largest absolute Gasteiger partial charge is 0.355 e. The first-order valence-corrected chi connectivity index (χ1v) is 9.51. The maximum atomic E-state index is 4.71. The topological polar surface area (TPSA) is 73.2 Å². The monoisotopic (exact) mass is 375 g/mol. The van der Waals surface area contributed by atoms with Gasteiger partial charge in [0.2, 0.25) is 0 Å². The van der Waals surface area contributed by atoms with E-state index in [-0.39, 0.29) is 0 Å². The van der Waals surface area contributed by atoms with Crippen LogP contribution in [-0.2, 0) is 0 Å². The molecule has 4 aromatic rings. The fourth-order valence-electron chi connectivity index (χ4n) is 3.65. The summed E-state index contributed by atoms with van der Waals surface area (Å²) in [5, 5.41) is 0. The molecule has 6 heterocycles. The molecule has 0 fully saturated rings. The van der Waals surface area contributed by atoms with E-state index in [1.54, 1.807) is 0 Å². The van der Waals surface area contributed by atoms with Gasteiger partial charge in [0.25, 0.3) is 0 Å². The van der Waals surface area contributed by atoms with Gasteiger partial charge in [0.05, 0.1) is 22.8 Å². The lowest BCUT2D eigenvalue weighted by atomic mass is 10.3. The Morgan fingerprint density at radius 3 is 1.14 bits per heavy atom. The van der Waals surface area contributed by atoms with E-state index in [0.717, 1.165) is 55.9 Å². The highest BCUT2D eigenvalue weighted by Gasteiger charge is 2.07. The molecular formula is C24H17N5. The van der Waals surface area contributed by atoms with Crippen molar-refractivity contribution < 1.29 is 0 Å². The highest BCUT2D eigenvalue weighted by Crippen LogP contribution is 2.20. The molecule has 0 aliphatic carbocycles. The standard InChI is InChI=1S/C24H17N5/c1-2-16-12-18-4-6-20(27-18)14-22-8-10-24(29-22)23-9-7-21(28-23)13-19-5-3-17(26-19)11-15(1)25-16/h1-14,25-27H. The number of rotatable bonds is 0. The van der Waals surface area contributed by atoms with Gasteiger partial charge in [-0.15, -0.1) is 0 Å². The van der Waals surface area contributed by atoms with Crippen LogP contribution in [0.1, 0.15) is 22.8 Å². The molecule has 0 unspecified atom stereocenters. The van der Waals surface area contributed by atoms with Crippen molar-refractivity contribution >= 4 is 57.4 Å². The van der Waals surface area contributed by atoms with Gasteiger partial charge in [-0.3, -0.25) is 0 Å². The van der Waals surface area contributed by atoms with Crippen LogP contribution in [0.4, 0.5) is 0 Å². The van der Waals surface area contributed by atoms with Crippen molar-refractivity contribution in [1.29, 1.82) is 0 Å². The van der Waals surface area contributed by atoms with Crippen molar-refractivity contribution in [2.45, 2.75) is 0 Å². The summed E-state index contributed by atoms with van der Waals surface area (Å²) in [6.07, 6.45) is 8.05. The molecule has 138 valence electrons.